The van der Waals surface area contributed by atoms with Gasteiger partial charge in [-0.25, -0.2) is 0 Å². The van der Waals surface area contributed by atoms with Crippen molar-refractivity contribution in [2.45, 2.75) is 84.2 Å². The molecule has 1 N–H and O–H groups in total. The molecule has 0 bridgehead atoms. The largest absolute Gasteiger partial charge is 0.450 e. The fourth-order valence-electron chi connectivity index (χ4n) is 7.11. The van der Waals surface area contributed by atoms with Gasteiger partial charge in [0.15, 0.2) is 11.4 Å². The lowest BCUT2D eigenvalue weighted by atomic mass is 9.50. The highest BCUT2D eigenvalue weighted by Gasteiger charge is 2.66. The molecule has 0 aromatic rings. The lowest BCUT2D eigenvalue weighted by molar-refractivity contribution is -0.184. The van der Waals surface area contributed by atoms with Gasteiger partial charge in [0.05, 0.1) is 0 Å². The number of ketones is 2. The molecular formula is C25H34O5. The van der Waals surface area contributed by atoms with Crippen molar-refractivity contribution in [1.82, 2.24) is 0 Å². The van der Waals surface area contributed by atoms with Gasteiger partial charge in [-0.3, -0.25) is 14.4 Å². The van der Waals surface area contributed by atoms with Gasteiger partial charge >= 0.3 is 5.97 Å². The third-order valence-electron chi connectivity index (χ3n) is 8.79. The summed E-state index contributed by atoms with van der Waals surface area (Å²) in [6, 6.07) is 0. The second-order valence-electron chi connectivity index (χ2n) is 10.2. The lowest BCUT2D eigenvalue weighted by Gasteiger charge is -2.55. The number of Topliss-reactive ketones (excluding diaryl/α,β-unsaturated/α-hetero) is 1. The number of ether oxygens (including phenoxy) is 1. The van der Waals surface area contributed by atoms with Gasteiger partial charge in [-0.15, -0.1) is 0 Å². The van der Waals surface area contributed by atoms with Crippen molar-refractivity contribution in [2.75, 3.05) is 6.61 Å². The maximum absolute atomic E-state index is 13.0. The predicted octanol–water partition coefficient (Wildman–Crippen LogP) is 4.08. The molecule has 0 aromatic heterocycles. The molecule has 164 valence electrons. The first kappa shape index (κ1) is 21.5. The normalized spacial score (nSPS) is 39.9. The van der Waals surface area contributed by atoms with E-state index in [1.807, 2.05) is 13.0 Å². The zero-order valence-electron chi connectivity index (χ0n) is 18.5. The zero-order valence-corrected chi connectivity index (χ0v) is 18.5. The molecule has 30 heavy (non-hydrogen) atoms. The van der Waals surface area contributed by atoms with Crippen molar-refractivity contribution < 1.29 is 24.2 Å². The van der Waals surface area contributed by atoms with Crippen LogP contribution in [0.25, 0.3) is 0 Å². The standard InChI is InChI=1S/C25H34O5/c1-4-5-22(29)30-25(21(28)15-26)13-10-20-18-7-6-16-14-17(27)8-11-23(16,2)19(18)9-12-24(20,25)3/h9,14,18,20,26H,4-8,10-13,15H2,1-3H3/t18?,20?,23?,24?,25-/m0/s1. The van der Waals surface area contributed by atoms with Crippen molar-refractivity contribution in [2.24, 2.45) is 22.7 Å². The van der Waals surface area contributed by atoms with Crippen molar-refractivity contribution in [3.05, 3.63) is 23.3 Å². The highest BCUT2D eigenvalue weighted by atomic mass is 16.6. The highest BCUT2D eigenvalue weighted by molar-refractivity contribution is 5.93. The minimum Gasteiger partial charge on any atom is -0.450 e. The average Bonchev–Trinajstić information content (AvgIpc) is 3.01. The molecule has 2 saturated carbocycles. The van der Waals surface area contributed by atoms with Crippen LogP contribution in [0, 0.1) is 22.7 Å². The maximum Gasteiger partial charge on any atom is 0.306 e. The Morgan fingerprint density at radius 3 is 2.67 bits per heavy atom. The van der Waals surface area contributed by atoms with E-state index in [1.165, 1.54) is 11.1 Å². The van der Waals surface area contributed by atoms with E-state index in [1.54, 1.807) is 0 Å². The molecule has 0 amide bonds. The molecule has 0 aromatic carbocycles. The van der Waals surface area contributed by atoms with E-state index < -0.39 is 17.6 Å². The van der Waals surface area contributed by atoms with Crippen molar-refractivity contribution >= 4 is 17.5 Å². The van der Waals surface area contributed by atoms with Crippen molar-refractivity contribution in [3.63, 3.8) is 0 Å². The van der Waals surface area contributed by atoms with Crippen LogP contribution >= 0.6 is 0 Å². The van der Waals surface area contributed by atoms with Crippen LogP contribution in [0.15, 0.2) is 23.3 Å². The molecule has 0 heterocycles. The lowest BCUT2D eigenvalue weighted by Crippen LogP contribution is -2.57. The van der Waals surface area contributed by atoms with E-state index in [9.17, 15) is 19.5 Å². The summed E-state index contributed by atoms with van der Waals surface area (Å²) in [5, 5.41) is 9.76. The Morgan fingerprint density at radius 1 is 1.20 bits per heavy atom. The number of fused-ring (bicyclic) bond motifs is 5. The Kier molecular flexibility index (Phi) is 5.32. The number of carbonyl (C=O) groups excluding carboxylic acids is 3. The Bertz CT molecular complexity index is 838. The number of hydrogen-bond acceptors (Lipinski definition) is 5. The molecule has 4 rings (SSSR count). The Balaban J connectivity index is 1.74. The molecule has 5 atom stereocenters. The topological polar surface area (TPSA) is 80.7 Å². The Labute approximate surface area is 178 Å². The molecule has 2 fully saturated rings. The summed E-state index contributed by atoms with van der Waals surface area (Å²) in [4.78, 5) is 37.5. The molecule has 4 aliphatic rings. The minimum absolute atomic E-state index is 0.0662. The number of aliphatic hydroxyl groups excluding tert-OH is 1. The van der Waals surface area contributed by atoms with Gasteiger partial charge in [-0.1, -0.05) is 38.0 Å². The van der Waals surface area contributed by atoms with E-state index in [2.05, 4.69) is 19.9 Å². The molecule has 4 aliphatic carbocycles. The van der Waals surface area contributed by atoms with Crippen molar-refractivity contribution in [1.29, 1.82) is 0 Å². The van der Waals surface area contributed by atoms with Gasteiger partial charge in [0, 0.05) is 23.7 Å². The summed E-state index contributed by atoms with van der Waals surface area (Å²) < 4.78 is 5.96. The van der Waals surface area contributed by atoms with Crippen LogP contribution in [-0.2, 0) is 19.1 Å². The quantitative estimate of drug-likeness (QED) is 0.541. The van der Waals surface area contributed by atoms with Gasteiger partial charge in [-0.2, -0.15) is 0 Å². The van der Waals surface area contributed by atoms with Crippen LogP contribution in [0.2, 0.25) is 0 Å². The molecule has 0 spiro atoms. The smallest absolute Gasteiger partial charge is 0.306 e. The molecule has 4 unspecified atom stereocenters. The van der Waals surface area contributed by atoms with Gasteiger partial charge in [-0.05, 0) is 62.9 Å². The molecule has 0 aliphatic heterocycles. The van der Waals surface area contributed by atoms with Gasteiger partial charge < -0.3 is 9.84 Å². The third kappa shape index (κ3) is 2.88. The maximum atomic E-state index is 13.0. The number of aliphatic hydroxyl groups is 1. The summed E-state index contributed by atoms with van der Waals surface area (Å²) in [5.74, 6) is 0.0939. The number of rotatable bonds is 5. The highest BCUT2D eigenvalue weighted by Crippen LogP contribution is 2.66. The SMILES string of the molecule is CCCC(=O)O[C@]1(C(=O)CO)CCC2C3CCC4=CC(=O)CCC4(C)C3=CCC21C. The van der Waals surface area contributed by atoms with Crippen LogP contribution in [0.1, 0.15) is 78.6 Å². The van der Waals surface area contributed by atoms with Crippen molar-refractivity contribution in [3.8, 4) is 0 Å². The molecule has 5 heteroatoms. The Hall–Kier alpha value is -1.75. The zero-order chi connectivity index (χ0) is 21.7. The summed E-state index contributed by atoms with van der Waals surface area (Å²) >= 11 is 0. The first-order chi connectivity index (χ1) is 14.2. The second kappa shape index (κ2) is 7.44. The van der Waals surface area contributed by atoms with Crippen LogP contribution in [-0.4, -0.2) is 34.9 Å². The third-order valence-corrected chi connectivity index (χ3v) is 8.79. The van der Waals surface area contributed by atoms with Crippen LogP contribution < -0.4 is 0 Å². The van der Waals surface area contributed by atoms with E-state index in [0.717, 1.165) is 25.7 Å². The number of allylic oxidation sites excluding steroid dienone is 4. The second-order valence-corrected chi connectivity index (χ2v) is 10.2. The van der Waals surface area contributed by atoms with Crippen LogP contribution in [0.5, 0.6) is 0 Å². The number of esters is 1. The van der Waals surface area contributed by atoms with Gasteiger partial charge in [0.1, 0.15) is 6.61 Å². The summed E-state index contributed by atoms with van der Waals surface area (Å²) in [6.07, 6.45) is 10.4. The van der Waals surface area contributed by atoms with Crippen LogP contribution in [0.4, 0.5) is 0 Å². The van der Waals surface area contributed by atoms with Gasteiger partial charge in [0.2, 0.25) is 5.78 Å². The van der Waals surface area contributed by atoms with E-state index in [4.69, 9.17) is 4.74 Å². The summed E-state index contributed by atoms with van der Waals surface area (Å²) in [5.41, 5.74) is 0.868. The van der Waals surface area contributed by atoms with Crippen LogP contribution in [0.3, 0.4) is 0 Å². The first-order valence-electron chi connectivity index (χ1n) is 11.5. The van der Waals surface area contributed by atoms with E-state index in [-0.39, 0.29) is 35.3 Å². The predicted molar refractivity (Wildman–Crippen MR) is 113 cm³/mol. The van der Waals surface area contributed by atoms with Gasteiger partial charge in [0.25, 0.3) is 0 Å². The average molecular weight is 415 g/mol. The molecule has 5 nitrogen and oxygen atoms in total. The fourth-order valence-corrected chi connectivity index (χ4v) is 7.11. The monoisotopic (exact) mass is 414 g/mol. The van der Waals surface area contributed by atoms with E-state index in [0.29, 0.717) is 31.6 Å². The minimum atomic E-state index is -1.24. The number of carbonyl (C=O) groups is 3. The fraction of sp³-hybridized carbons (Fsp3) is 0.720. The first-order valence-corrected chi connectivity index (χ1v) is 11.5. The molecular weight excluding hydrogens is 380 g/mol. The molecule has 0 radical (unpaired) electrons. The van der Waals surface area contributed by atoms with E-state index >= 15 is 0 Å². The summed E-state index contributed by atoms with van der Waals surface area (Å²) in [7, 11) is 0. The summed E-state index contributed by atoms with van der Waals surface area (Å²) in [6.45, 7) is 5.67. The molecule has 0 saturated heterocycles. The Morgan fingerprint density at radius 2 is 1.97 bits per heavy atom. The number of hydrogen-bond donors (Lipinski definition) is 1.